The molecular formula is C12H14N2O3. The van der Waals surface area contributed by atoms with E-state index in [1.165, 1.54) is 0 Å². The molecular weight excluding hydrogens is 220 g/mol. The van der Waals surface area contributed by atoms with E-state index in [4.69, 9.17) is 9.47 Å². The predicted molar refractivity (Wildman–Crippen MR) is 60.9 cm³/mol. The average molecular weight is 234 g/mol. The molecule has 0 aliphatic carbocycles. The highest BCUT2D eigenvalue weighted by Crippen LogP contribution is 2.40. The summed E-state index contributed by atoms with van der Waals surface area (Å²) in [4.78, 5) is 12.0. The van der Waals surface area contributed by atoms with Crippen molar-refractivity contribution in [2.75, 3.05) is 20.4 Å². The molecule has 17 heavy (non-hydrogen) atoms. The highest BCUT2D eigenvalue weighted by molar-refractivity contribution is 5.90. The van der Waals surface area contributed by atoms with E-state index in [2.05, 4.69) is 10.6 Å². The number of hydrogen-bond donors (Lipinski definition) is 2. The Kier molecular flexibility index (Phi) is 2.22. The van der Waals surface area contributed by atoms with Gasteiger partial charge in [-0.05, 0) is 18.2 Å². The first-order chi connectivity index (χ1) is 8.26. The van der Waals surface area contributed by atoms with Gasteiger partial charge in [-0.25, -0.2) is 0 Å². The first-order valence-corrected chi connectivity index (χ1v) is 5.61. The molecule has 1 aromatic carbocycles. The molecule has 1 saturated heterocycles. The van der Waals surface area contributed by atoms with Gasteiger partial charge in [-0.15, -0.1) is 0 Å². The van der Waals surface area contributed by atoms with Gasteiger partial charge in [0.05, 0.1) is 20.4 Å². The Hall–Kier alpha value is -1.75. The van der Waals surface area contributed by atoms with Gasteiger partial charge in [0.2, 0.25) is 5.91 Å². The summed E-state index contributed by atoms with van der Waals surface area (Å²) in [5.41, 5.74) is 0.209. The van der Waals surface area contributed by atoms with Crippen molar-refractivity contribution < 1.29 is 14.3 Å². The molecule has 2 aliphatic rings. The summed E-state index contributed by atoms with van der Waals surface area (Å²) in [5.74, 6) is 1.49. The quantitative estimate of drug-likeness (QED) is 0.736. The summed E-state index contributed by atoms with van der Waals surface area (Å²) in [5, 5.41) is 6.05. The van der Waals surface area contributed by atoms with E-state index in [1.807, 2.05) is 18.2 Å². The van der Waals surface area contributed by atoms with Gasteiger partial charge in [0.1, 0.15) is 17.0 Å². The smallest absolute Gasteiger partial charge is 0.246 e. The molecule has 1 spiro atoms. The molecule has 1 unspecified atom stereocenters. The third-order valence-electron chi connectivity index (χ3n) is 3.41. The summed E-state index contributed by atoms with van der Waals surface area (Å²) < 4.78 is 10.8. The van der Waals surface area contributed by atoms with Crippen LogP contribution in [0.25, 0.3) is 0 Å². The van der Waals surface area contributed by atoms with Gasteiger partial charge in [0, 0.05) is 12.0 Å². The van der Waals surface area contributed by atoms with Gasteiger partial charge in [-0.3, -0.25) is 10.1 Å². The molecule has 1 aromatic rings. The Morgan fingerprint density at radius 3 is 3.06 bits per heavy atom. The Labute approximate surface area is 99.1 Å². The summed E-state index contributed by atoms with van der Waals surface area (Å²) in [6, 6.07) is 5.56. The SMILES string of the molecule is COc1ccc2c(c1)C1(CCO2)NCNC1=O. The van der Waals surface area contributed by atoms with Crippen LogP contribution in [0, 0.1) is 0 Å². The molecule has 5 nitrogen and oxygen atoms in total. The van der Waals surface area contributed by atoms with Gasteiger partial charge in [0.15, 0.2) is 0 Å². The molecule has 2 heterocycles. The maximum Gasteiger partial charge on any atom is 0.246 e. The molecule has 2 aliphatic heterocycles. The maximum atomic E-state index is 12.0. The number of rotatable bonds is 1. The van der Waals surface area contributed by atoms with E-state index in [-0.39, 0.29) is 5.91 Å². The zero-order chi connectivity index (χ0) is 11.9. The predicted octanol–water partition coefficient (Wildman–Crippen LogP) is 0.350. The topological polar surface area (TPSA) is 59.6 Å². The molecule has 0 radical (unpaired) electrons. The normalized spacial score (nSPS) is 26.3. The van der Waals surface area contributed by atoms with E-state index in [0.29, 0.717) is 19.7 Å². The van der Waals surface area contributed by atoms with Gasteiger partial charge >= 0.3 is 0 Å². The van der Waals surface area contributed by atoms with Crippen molar-refractivity contribution in [2.24, 2.45) is 0 Å². The zero-order valence-electron chi connectivity index (χ0n) is 9.58. The highest BCUT2D eigenvalue weighted by Gasteiger charge is 2.47. The standard InChI is InChI=1S/C12H14N2O3/c1-16-8-2-3-10-9(6-8)12(4-5-17-10)11(15)13-7-14-12/h2-3,6,14H,4-5,7H2,1H3,(H,13,15). The number of nitrogens with one attached hydrogen (secondary N) is 2. The lowest BCUT2D eigenvalue weighted by molar-refractivity contribution is -0.125. The molecule has 0 saturated carbocycles. The minimum Gasteiger partial charge on any atom is -0.497 e. The Morgan fingerprint density at radius 2 is 2.35 bits per heavy atom. The van der Waals surface area contributed by atoms with Crippen LogP contribution in [0.4, 0.5) is 0 Å². The molecule has 5 heteroatoms. The fourth-order valence-corrected chi connectivity index (χ4v) is 2.47. The second-order valence-corrected chi connectivity index (χ2v) is 4.23. The fourth-order valence-electron chi connectivity index (χ4n) is 2.47. The fraction of sp³-hybridized carbons (Fsp3) is 0.417. The highest BCUT2D eigenvalue weighted by atomic mass is 16.5. The van der Waals surface area contributed by atoms with Crippen LogP contribution in [0.3, 0.4) is 0 Å². The number of methoxy groups -OCH3 is 1. The third kappa shape index (κ3) is 1.39. The van der Waals surface area contributed by atoms with E-state index >= 15 is 0 Å². The second-order valence-electron chi connectivity index (χ2n) is 4.23. The van der Waals surface area contributed by atoms with Crippen LogP contribution in [-0.4, -0.2) is 26.3 Å². The molecule has 1 atom stereocenters. The molecule has 1 amide bonds. The van der Waals surface area contributed by atoms with Crippen molar-refractivity contribution in [1.82, 2.24) is 10.6 Å². The summed E-state index contributed by atoms with van der Waals surface area (Å²) >= 11 is 0. The monoisotopic (exact) mass is 234 g/mol. The Morgan fingerprint density at radius 1 is 1.47 bits per heavy atom. The minimum absolute atomic E-state index is 0.00954. The van der Waals surface area contributed by atoms with E-state index in [9.17, 15) is 4.79 Å². The number of hydrogen-bond acceptors (Lipinski definition) is 4. The number of benzene rings is 1. The zero-order valence-corrected chi connectivity index (χ0v) is 9.58. The van der Waals surface area contributed by atoms with Crippen molar-refractivity contribution in [3.05, 3.63) is 23.8 Å². The van der Waals surface area contributed by atoms with Gasteiger partial charge in [-0.2, -0.15) is 0 Å². The second kappa shape index (κ2) is 3.63. The summed E-state index contributed by atoms with van der Waals surface area (Å²) in [6.07, 6.45) is 0.638. The van der Waals surface area contributed by atoms with Crippen LogP contribution in [0.2, 0.25) is 0 Å². The van der Waals surface area contributed by atoms with E-state index in [1.54, 1.807) is 7.11 Å². The van der Waals surface area contributed by atoms with Gasteiger partial charge in [-0.1, -0.05) is 0 Å². The Bertz CT molecular complexity index is 475. The van der Waals surface area contributed by atoms with Crippen LogP contribution in [0.15, 0.2) is 18.2 Å². The molecule has 1 fully saturated rings. The van der Waals surface area contributed by atoms with Crippen LogP contribution in [0.1, 0.15) is 12.0 Å². The molecule has 3 rings (SSSR count). The van der Waals surface area contributed by atoms with Crippen LogP contribution >= 0.6 is 0 Å². The lowest BCUT2D eigenvalue weighted by Crippen LogP contribution is -2.47. The number of ether oxygens (including phenoxy) is 2. The van der Waals surface area contributed by atoms with Crippen molar-refractivity contribution in [3.63, 3.8) is 0 Å². The van der Waals surface area contributed by atoms with Gasteiger partial charge in [0.25, 0.3) is 0 Å². The Balaban J connectivity index is 2.14. The van der Waals surface area contributed by atoms with E-state index in [0.717, 1.165) is 17.1 Å². The molecule has 0 bridgehead atoms. The number of fused-ring (bicyclic) bond motifs is 2. The first kappa shape index (κ1) is 10.4. The molecule has 2 N–H and O–H groups in total. The summed E-state index contributed by atoms with van der Waals surface area (Å²) in [6.45, 7) is 1.04. The number of amides is 1. The minimum atomic E-state index is -0.651. The maximum absolute atomic E-state index is 12.0. The van der Waals surface area contributed by atoms with Gasteiger partial charge < -0.3 is 14.8 Å². The van der Waals surface area contributed by atoms with Crippen molar-refractivity contribution in [3.8, 4) is 11.5 Å². The summed E-state index contributed by atoms with van der Waals surface area (Å²) in [7, 11) is 1.61. The van der Waals surface area contributed by atoms with E-state index < -0.39 is 5.54 Å². The third-order valence-corrected chi connectivity index (χ3v) is 3.41. The van der Waals surface area contributed by atoms with Crippen LogP contribution in [0.5, 0.6) is 11.5 Å². The van der Waals surface area contributed by atoms with Crippen LogP contribution in [-0.2, 0) is 10.3 Å². The van der Waals surface area contributed by atoms with Crippen molar-refractivity contribution in [2.45, 2.75) is 12.0 Å². The number of carbonyl (C=O) groups is 1. The molecule has 90 valence electrons. The lowest BCUT2D eigenvalue weighted by atomic mass is 9.84. The van der Waals surface area contributed by atoms with Crippen molar-refractivity contribution >= 4 is 5.91 Å². The number of carbonyl (C=O) groups excluding carboxylic acids is 1. The average Bonchev–Trinajstić information content (AvgIpc) is 2.72. The van der Waals surface area contributed by atoms with Crippen molar-refractivity contribution in [1.29, 1.82) is 0 Å². The molecule has 0 aromatic heterocycles. The van der Waals surface area contributed by atoms with Crippen LogP contribution < -0.4 is 20.1 Å². The largest absolute Gasteiger partial charge is 0.497 e. The lowest BCUT2D eigenvalue weighted by Gasteiger charge is -2.33. The first-order valence-electron chi connectivity index (χ1n) is 5.61.